The molecule has 0 radical (unpaired) electrons. The van der Waals surface area contributed by atoms with Gasteiger partial charge < -0.3 is 14.6 Å². The molecule has 43 heavy (non-hydrogen) atoms. The van der Waals surface area contributed by atoms with Gasteiger partial charge in [0.15, 0.2) is 15.8 Å². The highest BCUT2D eigenvalue weighted by atomic mass is 35.5. The molecule has 1 aliphatic heterocycles. The van der Waals surface area contributed by atoms with E-state index in [0.29, 0.717) is 44.3 Å². The fraction of sp³-hybridized carbons (Fsp3) is 0.250. The van der Waals surface area contributed by atoms with E-state index in [1.54, 1.807) is 48.5 Å². The van der Waals surface area contributed by atoms with Gasteiger partial charge >= 0.3 is 5.91 Å². The van der Waals surface area contributed by atoms with Gasteiger partial charge in [-0.1, -0.05) is 103 Å². The molecular weight excluding hydrogens is 606 g/mol. The third-order valence-electron chi connectivity index (χ3n) is 6.88. The van der Waals surface area contributed by atoms with Crippen LogP contribution in [0.1, 0.15) is 48.9 Å². The minimum Gasteiger partial charge on any atom is -0.507 e. The van der Waals surface area contributed by atoms with Crippen LogP contribution in [0.15, 0.2) is 82.7 Å². The molecule has 1 N–H and O–H groups in total. The first kappa shape index (κ1) is 30.6. The van der Waals surface area contributed by atoms with Crippen LogP contribution in [-0.2, 0) is 15.3 Å². The molecule has 1 fully saturated rings. The first-order valence-corrected chi connectivity index (χ1v) is 16.0. The smallest absolute Gasteiger partial charge is 0.301 e. The van der Waals surface area contributed by atoms with Gasteiger partial charge in [-0.15, -0.1) is 10.2 Å². The Bertz CT molecular complexity index is 1630. The van der Waals surface area contributed by atoms with Crippen molar-refractivity contribution in [2.24, 2.45) is 0 Å². The standard InChI is InChI=1S/C32H30ClN3O5S2/c1-3-4-8-17-41-24-16-13-22(18-25(24)40-2)27-26(28(37)21-9-6-5-7-10-21)29(38)30(39)36(27)31-34-35-32(43-31)42-19-20-11-14-23(33)15-12-20/h5-7,9-16,18,27,37H,3-4,8,17,19H2,1-2H3/b28-26-. The van der Waals surface area contributed by atoms with Gasteiger partial charge in [-0.3, -0.25) is 14.5 Å². The number of nitrogens with zero attached hydrogens (tertiary/aromatic N) is 3. The molecule has 1 unspecified atom stereocenters. The fourth-order valence-electron chi connectivity index (χ4n) is 4.69. The fourth-order valence-corrected chi connectivity index (χ4v) is 6.64. The van der Waals surface area contributed by atoms with Crippen LogP contribution in [0, 0.1) is 0 Å². The number of aliphatic hydroxyl groups is 1. The number of halogens is 1. The van der Waals surface area contributed by atoms with Crippen LogP contribution < -0.4 is 14.4 Å². The zero-order valence-corrected chi connectivity index (χ0v) is 26.0. The lowest BCUT2D eigenvalue weighted by atomic mass is 9.95. The van der Waals surface area contributed by atoms with Crippen molar-refractivity contribution >= 4 is 57.3 Å². The number of anilines is 1. The number of hydrogen-bond donors (Lipinski definition) is 1. The first-order valence-electron chi connectivity index (χ1n) is 13.8. The zero-order valence-electron chi connectivity index (χ0n) is 23.7. The molecule has 0 bridgehead atoms. The Hall–Kier alpha value is -3.86. The summed E-state index contributed by atoms with van der Waals surface area (Å²) in [4.78, 5) is 28.4. The lowest BCUT2D eigenvalue weighted by Crippen LogP contribution is -2.29. The Labute approximate surface area is 263 Å². The SMILES string of the molecule is CCCCCOc1ccc(C2/C(=C(/O)c3ccccc3)C(=O)C(=O)N2c2nnc(SCc3ccc(Cl)cc3)s2)cc1OC. The molecule has 1 aliphatic rings. The summed E-state index contributed by atoms with van der Waals surface area (Å²) < 4.78 is 12.2. The molecule has 11 heteroatoms. The number of ether oxygens (including phenoxy) is 2. The van der Waals surface area contributed by atoms with E-state index < -0.39 is 17.7 Å². The number of benzene rings is 3. The Kier molecular flexibility index (Phi) is 10.0. The molecule has 1 aromatic heterocycles. The Morgan fingerprint density at radius 2 is 1.79 bits per heavy atom. The van der Waals surface area contributed by atoms with Crippen molar-refractivity contribution < 1.29 is 24.2 Å². The molecule has 2 heterocycles. The molecule has 3 aromatic carbocycles. The molecular formula is C32H30ClN3O5S2. The van der Waals surface area contributed by atoms with Crippen LogP contribution in [0.2, 0.25) is 5.02 Å². The third kappa shape index (κ3) is 6.87. The molecule has 222 valence electrons. The van der Waals surface area contributed by atoms with Gasteiger partial charge in [-0.05, 0) is 41.8 Å². The summed E-state index contributed by atoms with van der Waals surface area (Å²) in [6, 6.07) is 20.5. The van der Waals surface area contributed by atoms with Gasteiger partial charge in [-0.25, -0.2) is 0 Å². The minimum absolute atomic E-state index is 0.0413. The molecule has 8 nitrogen and oxygen atoms in total. The van der Waals surface area contributed by atoms with E-state index in [4.69, 9.17) is 21.1 Å². The van der Waals surface area contributed by atoms with E-state index in [1.807, 2.05) is 24.3 Å². The number of rotatable bonds is 12. The number of carbonyl (C=O) groups is 2. The third-order valence-corrected chi connectivity index (χ3v) is 9.26. The molecule has 1 saturated heterocycles. The van der Waals surface area contributed by atoms with E-state index in [-0.39, 0.29) is 16.5 Å². The minimum atomic E-state index is -0.967. The second-order valence-electron chi connectivity index (χ2n) is 9.77. The van der Waals surface area contributed by atoms with Crippen LogP contribution in [0.25, 0.3) is 5.76 Å². The Balaban J connectivity index is 1.52. The lowest BCUT2D eigenvalue weighted by molar-refractivity contribution is -0.132. The molecule has 4 aromatic rings. The maximum atomic E-state index is 13.6. The van der Waals surface area contributed by atoms with Crippen molar-refractivity contribution in [1.82, 2.24) is 10.2 Å². The van der Waals surface area contributed by atoms with Crippen LogP contribution >= 0.6 is 34.7 Å². The van der Waals surface area contributed by atoms with E-state index in [2.05, 4.69) is 17.1 Å². The summed E-state index contributed by atoms with van der Waals surface area (Å²) in [5, 5.41) is 20.8. The van der Waals surface area contributed by atoms with Crippen LogP contribution in [0.5, 0.6) is 11.5 Å². The van der Waals surface area contributed by atoms with Gasteiger partial charge in [0.2, 0.25) is 5.13 Å². The number of unbranched alkanes of at least 4 members (excludes halogenated alkanes) is 2. The normalized spacial score (nSPS) is 16.1. The predicted molar refractivity (Wildman–Crippen MR) is 170 cm³/mol. The largest absolute Gasteiger partial charge is 0.507 e. The summed E-state index contributed by atoms with van der Waals surface area (Å²) in [5.74, 6) is -0.247. The summed E-state index contributed by atoms with van der Waals surface area (Å²) in [6.45, 7) is 2.66. The molecule has 0 aliphatic carbocycles. The highest BCUT2D eigenvalue weighted by Gasteiger charge is 2.48. The highest BCUT2D eigenvalue weighted by Crippen LogP contribution is 2.45. The van der Waals surface area contributed by atoms with Crippen molar-refractivity contribution in [3.8, 4) is 11.5 Å². The molecule has 0 saturated carbocycles. The quantitative estimate of drug-likeness (QED) is 0.0422. The second kappa shape index (κ2) is 14.1. The summed E-state index contributed by atoms with van der Waals surface area (Å²) in [7, 11) is 1.54. The van der Waals surface area contributed by atoms with Gasteiger partial charge in [0.25, 0.3) is 5.78 Å². The van der Waals surface area contributed by atoms with Gasteiger partial charge in [0.05, 0.1) is 25.3 Å². The van der Waals surface area contributed by atoms with Gasteiger partial charge in [0.1, 0.15) is 5.76 Å². The van der Waals surface area contributed by atoms with Gasteiger partial charge in [-0.2, -0.15) is 0 Å². The Morgan fingerprint density at radius 3 is 2.51 bits per heavy atom. The maximum absolute atomic E-state index is 13.6. The number of carbonyl (C=O) groups excluding carboxylic acids is 2. The topological polar surface area (TPSA) is 102 Å². The number of ketones is 1. The van der Waals surface area contributed by atoms with Crippen molar-refractivity contribution in [2.75, 3.05) is 18.6 Å². The average molecular weight is 636 g/mol. The van der Waals surface area contributed by atoms with Gasteiger partial charge in [0, 0.05) is 16.3 Å². The van der Waals surface area contributed by atoms with E-state index in [0.717, 1.165) is 24.8 Å². The van der Waals surface area contributed by atoms with Crippen LogP contribution in [0.3, 0.4) is 0 Å². The van der Waals surface area contributed by atoms with E-state index in [9.17, 15) is 14.7 Å². The maximum Gasteiger partial charge on any atom is 0.301 e. The first-order chi connectivity index (χ1) is 20.9. The molecule has 1 amide bonds. The number of methoxy groups -OCH3 is 1. The highest BCUT2D eigenvalue weighted by molar-refractivity contribution is 8.00. The Morgan fingerprint density at radius 1 is 1.02 bits per heavy atom. The molecule has 5 rings (SSSR count). The van der Waals surface area contributed by atoms with E-state index >= 15 is 0 Å². The zero-order chi connectivity index (χ0) is 30.3. The van der Waals surface area contributed by atoms with Crippen molar-refractivity contribution in [2.45, 2.75) is 42.3 Å². The van der Waals surface area contributed by atoms with Crippen molar-refractivity contribution in [3.63, 3.8) is 0 Å². The van der Waals surface area contributed by atoms with Crippen molar-refractivity contribution in [1.29, 1.82) is 0 Å². The number of aromatic nitrogens is 2. The lowest BCUT2D eigenvalue weighted by Gasteiger charge is -2.23. The summed E-state index contributed by atoms with van der Waals surface area (Å²) >= 11 is 8.67. The monoisotopic (exact) mass is 635 g/mol. The molecule has 0 spiro atoms. The summed E-state index contributed by atoms with van der Waals surface area (Å²) in [6.07, 6.45) is 3.04. The van der Waals surface area contributed by atoms with Crippen LogP contribution in [-0.4, -0.2) is 40.7 Å². The number of hydrogen-bond acceptors (Lipinski definition) is 9. The van der Waals surface area contributed by atoms with Crippen LogP contribution in [0.4, 0.5) is 5.13 Å². The average Bonchev–Trinajstić information content (AvgIpc) is 3.60. The number of amides is 1. The number of Topliss-reactive ketones (excluding diaryl/α,β-unsaturated/α-hetero) is 1. The predicted octanol–water partition coefficient (Wildman–Crippen LogP) is 7.69. The molecule has 1 atom stereocenters. The second-order valence-corrected chi connectivity index (χ2v) is 12.4. The number of aliphatic hydroxyl groups excluding tert-OH is 1. The number of thioether (sulfide) groups is 1. The van der Waals surface area contributed by atoms with Crippen molar-refractivity contribution in [3.05, 3.63) is 100 Å². The van der Waals surface area contributed by atoms with E-state index in [1.165, 1.54) is 35.1 Å². The summed E-state index contributed by atoms with van der Waals surface area (Å²) in [5.41, 5.74) is 1.99.